The molecule has 0 amide bonds. The second-order valence-corrected chi connectivity index (χ2v) is 35.2. The summed E-state index contributed by atoms with van der Waals surface area (Å²) in [6.45, 7) is 0. The summed E-state index contributed by atoms with van der Waals surface area (Å²) in [6, 6.07) is 152. The van der Waals surface area contributed by atoms with Gasteiger partial charge in [-0.05, 0) is 203 Å². The number of hydrogen-bond acceptors (Lipinski definition) is 8. The molecule has 620 valence electrons. The van der Waals surface area contributed by atoms with Gasteiger partial charge in [0, 0.05) is 81.5 Å². The van der Waals surface area contributed by atoms with Crippen LogP contribution in [0.25, 0.3) is 287 Å². The number of fused-ring (bicyclic) bond motifs is 25. The molecule has 8 aromatic heterocycles. The minimum absolute atomic E-state index is 0.491. The lowest BCUT2D eigenvalue weighted by Crippen LogP contribution is -2.07. The summed E-state index contributed by atoms with van der Waals surface area (Å²) in [7, 11) is 0. The zero-order valence-corrected chi connectivity index (χ0v) is 71.7. The zero-order chi connectivity index (χ0) is 87.5. The van der Waals surface area contributed by atoms with Crippen LogP contribution < -0.4 is 0 Å². The van der Waals surface area contributed by atoms with Gasteiger partial charge in [0.25, 0.3) is 0 Å². The number of benzene rings is 21. The van der Waals surface area contributed by atoms with Crippen molar-refractivity contribution in [2.45, 2.75) is 0 Å². The normalized spacial score (nSPS) is 12.2. The molecule has 0 aliphatic carbocycles. The van der Waals surface area contributed by atoms with Crippen molar-refractivity contribution in [1.29, 1.82) is 0 Å². The average molecular weight is 1710 g/mol. The van der Waals surface area contributed by atoms with Gasteiger partial charge in [0.15, 0.2) is 23.3 Å². The van der Waals surface area contributed by atoms with Crippen LogP contribution in [0.4, 0.5) is 0 Å². The first-order valence-corrected chi connectivity index (χ1v) is 45.3. The summed E-state index contributed by atoms with van der Waals surface area (Å²) < 4.78 is 23.8. The highest BCUT2D eigenvalue weighted by molar-refractivity contribution is 6.26. The maximum atomic E-state index is 7.33. The first kappa shape index (κ1) is 73.7. The molecule has 29 aromatic rings. The molecule has 0 atom stereocenters. The molecule has 0 bridgehead atoms. The third-order valence-electron chi connectivity index (χ3n) is 27.7. The maximum absolute atomic E-state index is 7.33. The van der Waals surface area contributed by atoms with Gasteiger partial charge in [0.1, 0.15) is 22.3 Å². The first-order valence-electron chi connectivity index (χ1n) is 45.3. The van der Waals surface area contributed by atoms with Crippen molar-refractivity contribution in [3.63, 3.8) is 0 Å². The molecule has 0 saturated heterocycles. The Balaban J connectivity index is 0.581. The van der Waals surface area contributed by atoms with Crippen LogP contribution in [0.2, 0.25) is 0 Å². The van der Waals surface area contributed by atoms with Crippen molar-refractivity contribution in [2.24, 2.45) is 0 Å². The summed E-state index contributed by atoms with van der Waals surface area (Å²) in [5, 5.41) is 24.2. The lowest BCUT2D eigenvalue weighted by Gasteiger charge is -2.14. The van der Waals surface area contributed by atoms with Crippen molar-refractivity contribution in [3.05, 3.63) is 425 Å². The van der Waals surface area contributed by atoms with E-state index in [0.29, 0.717) is 46.4 Å². The van der Waals surface area contributed by atoms with E-state index in [2.05, 4.69) is 437 Å². The van der Waals surface area contributed by atoms with E-state index in [1.807, 2.05) is 6.07 Å². The lowest BCUT2D eigenvalue weighted by molar-refractivity contribution is 0.669. The molecule has 0 aliphatic rings. The molecule has 0 fully saturated rings. The quantitative estimate of drug-likeness (QED) is 0.125. The van der Waals surface area contributed by atoms with Gasteiger partial charge in [-0.2, -0.15) is 19.9 Å². The highest BCUT2D eigenvalue weighted by Gasteiger charge is 2.29. The summed E-state index contributed by atoms with van der Waals surface area (Å²) >= 11 is 0. The van der Waals surface area contributed by atoms with Crippen molar-refractivity contribution in [3.8, 4) is 102 Å². The van der Waals surface area contributed by atoms with E-state index < -0.39 is 0 Å². The molecule has 0 saturated carbocycles. The SMILES string of the molecule is c1ccc(-c2ccc(-c3nc(-c4cc(-n5c6ccccc6c6cc7cc(-c8cccc(-c9cccc(-c%10nc(-c%11cc(-n%12c%13cc%14ccccc%14cc%13c%13c%14ccccc%14ccc%13%12)c%12c(c%11)oc%11c%13ccccc%13ccc%11%12)nc(-n%11c%12ccccc%12c%12ccccc%12%11)n%10)c9)c8)ccc7cc65)c5c(c4)oc4cc6ccccc6cc45)nc(-n4c5ccccc5c5ccccc54)n3)cc2)cc1. The third-order valence-corrected chi connectivity index (χ3v) is 27.7. The smallest absolute Gasteiger partial charge is 0.238 e. The van der Waals surface area contributed by atoms with Gasteiger partial charge in [0.2, 0.25) is 11.9 Å². The Bertz CT molecular complexity index is 10000. The van der Waals surface area contributed by atoms with Crippen LogP contribution >= 0.6 is 0 Å². The van der Waals surface area contributed by atoms with E-state index in [0.717, 1.165) is 219 Å². The second kappa shape index (κ2) is 28.6. The van der Waals surface area contributed by atoms with Gasteiger partial charge in [-0.15, -0.1) is 0 Å². The Kier molecular flexibility index (Phi) is 15.8. The third kappa shape index (κ3) is 11.3. The van der Waals surface area contributed by atoms with Crippen molar-refractivity contribution in [2.75, 3.05) is 0 Å². The molecule has 0 unspecified atom stereocenters. The number of nitrogens with zero attached hydrogens (tertiary/aromatic N) is 10. The van der Waals surface area contributed by atoms with Crippen molar-refractivity contribution < 1.29 is 8.83 Å². The molecule has 12 nitrogen and oxygen atoms in total. The van der Waals surface area contributed by atoms with Crippen molar-refractivity contribution >= 4 is 185 Å². The largest absolute Gasteiger partial charge is 0.456 e. The Morgan fingerprint density at radius 1 is 0.157 bits per heavy atom. The summed E-state index contributed by atoms with van der Waals surface area (Å²) in [4.78, 5) is 33.4. The highest BCUT2D eigenvalue weighted by Crippen LogP contribution is 2.49. The second-order valence-electron chi connectivity index (χ2n) is 35.2. The minimum atomic E-state index is 0.491. The minimum Gasteiger partial charge on any atom is -0.456 e. The van der Waals surface area contributed by atoms with Gasteiger partial charge in [-0.25, -0.2) is 9.97 Å². The molecule has 134 heavy (non-hydrogen) atoms. The van der Waals surface area contributed by atoms with E-state index in [4.69, 9.17) is 38.7 Å². The average Bonchev–Trinajstić information content (AvgIpc) is 1.55. The number of rotatable bonds is 11. The number of hydrogen-bond donors (Lipinski definition) is 0. The molecule has 0 aliphatic heterocycles. The van der Waals surface area contributed by atoms with Crippen LogP contribution in [0.15, 0.2) is 433 Å². The van der Waals surface area contributed by atoms with E-state index in [1.165, 1.54) is 21.5 Å². The maximum Gasteiger partial charge on any atom is 0.238 e. The monoisotopic (exact) mass is 1710 g/mol. The summed E-state index contributed by atoms with van der Waals surface area (Å²) in [6.07, 6.45) is 0. The Morgan fingerprint density at radius 3 is 1.12 bits per heavy atom. The molecule has 8 heterocycles. The van der Waals surface area contributed by atoms with Crippen LogP contribution in [0, 0.1) is 0 Å². The van der Waals surface area contributed by atoms with Crippen LogP contribution in [0.1, 0.15) is 0 Å². The van der Waals surface area contributed by atoms with Gasteiger partial charge in [-0.1, -0.05) is 303 Å². The molecule has 21 aromatic carbocycles. The predicted molar refractivity (Wildman–Crippen MR) is 551 cm³/mol. The summed E-state index contributed by atoms with van der Waals surface area (Å²) in [5.74, 6) is 3.06. The van der Waals surface area contributed by atoms with Crippen LogP contribution in [-0.2, 0) is 0 Å². The molecule has 29 rings (SSSR count). The van der Waals surface area contributed by atoms with Gasteiger partial charge in [0.05, 0.1) is 66.3 Å². The van der Waals surface area contributed by atoms with Gasteiger partial charge >= 0.3 is 0 Å². The summed E-state index contributed by atoms with van der Waals surface area (Å²) in [5.41, 5.74) is 22.8. The number of furan rings is 2. The lowest BCUT2D eigenvalue weighted by atomic mass is 9.96. The molecule has 0 radical (unpaired) electrons. The predicted octanol–water partition coefficient (Wildman–Crippen LogP) is 31.7. The molecule has 0 spiro atoms. The van der Waals surface area contributed by atoms with Gasteiger partial charge in [-0.3, -0.25) is 9.13 Å². The van der Waals surface area contributed by atoms with Crippen LogP contribution in [0.5, 0.6) is 0 Å². The fourth-order valence-corrected chi connectivity index (χ4v) is 21.6. The molecule has 12 heteroatoms. The molecule has 0 N–H and O–H groups in total. The number of para-hydroxylation sites is 5. The Morgan fingerprint density at radius 2 is 0.530 bits per heavy atom. The van der Waals surface area contributed by atoms with E-state index >= 15 is 0 Å². The topological polar surface area (TPSA) is 123 Å². The Labute approximate surface area is 763 Å². The van der Waals surface area contributed by atoms with E-state index in [-0.39, 0.29) is 0 Å². The zero-order valence-electron chi connectivity index (χ0n) is 71.7. The first-order chi connectivity index (χ1) is 66.4. The molecular weight excluding hydrogens is 1640 g/mol. The van der Waals surface area contributed by atoms with Crippen LogP contribution in [-0.4, -0.2) is 48.2 Å². The number of aromatic nitrogens is 10. The van der Waals surface area contributed by atoms with Gasteiger partial charge < -0.3 is 18.0 Å². The fourth-order valence-electron chi connectivity index (χ4n) is 21.6. The van der Waals surface area contributed by atoms with E-state index in [1.54, 1.807) is 0 Å². The van der Waals surface area contributed by atoms with Crippen molar-refractivity contribution in [1.82, 2.24) is 48.2 Å². The standard InChI is InChI=1S/C122H70N10O2/c1-2-24-71(25-3-1)72-48-50-75(51-49-72)117-123-119(127-121(125-117)131-101-44-18-12-38-91(101)92-39-13-19-45-102(92)131)87-67-109(115-99-62-80-29-5-7-31-82(80)68-110(99)133-111(115)69-87)129-100-43-17-16-42-95(100)97-63-86-60-83(52-53-84(86)65-106(97)129)77-33-22-32-76(58-77)78-34-23-35-85(59-78)118-124-120(128-122(126-118)132-103-46-20-14-40-93(103)94-41-15-21-47-104(94)132)88-66-108(114-96-56-54-74-27-9-11-37-90(74)116(96)134-112(114)70-88)130-105-57-55-73-26-8-10-36-89(73)113(105)98-61-79-28-4-6-30-81(79)64-107(98)130/h1-70H. The van der Waals surface area contributed by atoms with Crippen LogP contribution in [0.3, 0.4) is 0 Å². The fraction of sp³-hybridized carbons (Fsp3) is 0. The Hall–Kier alpha value is -18.3. The molecular formula is C122H70N10O2. The highest BCUT2D eigenvalue weighted by atomic mass is 16.3. The van der Waals surface area contributed by atoms with E-state index in [9.17, 15) is 0 Å².